The molecule has 1 N–H and O–H groups in total. The molecule has 0 saturated carbocycles. The molecular formula is C10H10N2O2S. The zero-order chi connectivity index (χ0) is 11.6. The van der Waals surface area contributed by atoms with Crippen LogP contribution in [0.2, 0.25) is 0 Å². The maximum atomic E-state index is 11.2. The third-order valence-corrected chi connectivity index (χ3v) is 3.18. The minimum Gasteiger partial charge on any atom is -0.317 e. The average Bonchev–Trinajstić information content (AvgIpc) is 2.41. The zero-order valence-corrected chi connectivity index (χ0v) is 9.49. The lowest BCUT2D eigenvalue weighted by Gasteiger charge is -1.96. The lowest BCUT2D eigenvalue weighted by molar-refractivity contribution is -0.114. The summed E-state index contributed by atoms with van der Waals surface area (Å²) < 4.78 is 0. The summed E-state index contributed by atoms with van der Waals surface area (Å²) in [6, 6.07) is 1.99. The predicted molar refractivity (Wildman–Crippen MR) is 58.1 cm³/mol. The van der Waals surface area contributed by atoms with Gasteiger partial charge in [0.15, 0.2) is 5.78 Å². The number of ketones is 1. The van der Waals surface area contributed by atoms with Crippen LogP contribution in [0.1, 0.15) is 34.6 Å². The van der Waals surface area contributed by atoms with Gasteiger partial charge >= 0.3 is 0 Å². The van der Waals surface area contributed by atoms with Gasteiger partial charge in [0.05, 0.1) is 10.4 Å². The van der Waals surface area contributed by atoms with Gasteiger partial charge in [0.2, 0.25) is 5.91 Å². The third-order valence-electron chi connectivity index (χ3n) is 1.87. The molecule has 78 valence electrons. The molecule has 1 aromatic heterocycles. The minimum absolute atomic E-state index is 0.0920. The Bertz CT molecular complexity index is 469. The van der Waals surface area contributed by atoms with Crippen molar-refractivity contribution in [1.82, 2.24) is 0 Å². The van der Waals surface area contributed by atoms with Crippen LogP contribution in [0, 0.1) is 18.3 Å². The van der Waals surface area contributed by atoms with Crippen molar-refractivity contribution >= 4 is 28.0 Å². The Labute approximate surface area is 91.5 Å². The van der Waals surface area contributed by atoms with Crippen LogP contribution < -0.4 is 5.32 Å². The van der Waals surface area contributed by atoms with Gasteiger partial charge in [0.25, 0.3) is 0 Å². The second kappa shape index (κ2) is 4.24. The Balaban J connectivity index is 3.29. The monoisotopic (exact) mass is 222 g/mol. The molecule has 5 heteroatoms. The van der Waals surface area contributed by atoms with Crippen LogP contribution in [0.15, 0.2) is 0 Å². The standard InChI is InChI=1S/C10H10N2O2S/c1-5-8(4-11)10(12-7(3)14)15-9(5)6(2)13/h1-3H3,(H,12,14). The number of Topliss-reactive ketones (excluding diaryl/α,β-unsaturated/α-hetero) is 1. The highest BCUT2D eigenvalue weighted by atomic mass is 32.1. The number of hydrogen-bond donors (Lipinski definition) is 1. The molecule has 1 aromatic rings. The van der Waals surface area contributed by atoms with Gasteiger partial charge in [-0.1, -0.05) is 0 Å². The van der Waals surface area contributed by atoms with Gasteiger partial charge in [0.1, 0.15) is 11.1 Å². The fraction of sp³-hybridized carbons (Fsp3) is 0.300. The first kappa shape index (κ1) is 11.4. The van der Waals surface area contributed by atoms with E-state index in [1.54, 1.807) is 6.92 Å². The van der Waals surface area contributed by atoms with Crippen molar-refractivity contribution in [3.8, 4) is 6.07 Å². The summed E-state index contributed by atoms with van der Waals surface area (Å²) in [5.41, 5.74) is 1.01. The molecule has 4 nitrogen and oxygen atoms in total. The lowest BCUT2D eigenvalue weighted by Crippen LogP contribution is -2.05. The number of thiophene rings is 1. The van der Waals surface area contributed by atoms with E-state index in [1.165, 1.54) is 13.8 Å². The summed E-state index contributed by atoms with van der Waals surface area (Å²) in [6.45, 7) is 4.51. The predicted octanol–water partition coefficient (Wildman–Crippen LogP) is 2.09. The molecule has 0 radical (unpaired) electrons. The highest BCUT2D eigenvalue weighted by Crippen LogP contribution is 2.32. The highest BCUT2D eigenvalue weighted by molar-refractivity contribution is 7.18. The molecule has 0 fully saturated rings. The summed E-state index contributed by atoms with van der Waals surface area (Å²) in [6.07, 6.45) is 0. The topological polar surface area (TPSA) is 70.0 Å². The number of carbonyl (C=O) groups excluding carboxylic acids is 2. The Morgan fingerprint density at radius 3 is 2.40 bits per heavy atom. The van der Waals surface area contributed by atoms with Crippen LogP contribution in [-0.2, 0) is 4.79 Å². The molecule has 0 aliphatic rings. The van der Waals surface area contributed by atoms with E-state index in [1.807, 2.05) is 6.07 Å². The number of carbonyl (C=O) groups is 2. The third kappa shape index (κ3) is 2.22. The van der Waals surface area contributed by atoms with Crippen LogP contribution in [-0.4, -0.2) is 11.7 Å². The molecule has 0 bridgehead atoms. The van der Waals surface area contributed by atoms with Gasteiger partial charge in [-0.2, -0.15) is 5.26 Å². The van der Waals surface area contributed by atoms with Crippen molar-refractivity contribution < 1.29 is 9.59 Å². The van der Waals surface area contributed by atoms with E-state index in [0.29, 0.717) is 21.0 Å². The van der Waals surface area contributed by atoms with E-state index >= 15 is 0 Å². The Morgan fingerprint density at radius 1 is 1.40 bits per heavy atom. The van der Waals surface area contributed by atoms with Gasteiger partial charge < -0.3 is 5.32 Å². The summed E-state index contributed by atoms with van der Waals surface area (Å²) in [7, 11) is 0. The SMILES string of the molecule is CC(=O)Nc1sc(C(C)=O)c(C)c1C#N. The van der Waals surface area contributed by atoms with Crippen molar-refractivity contribution in [2.24, 2.45) is 0 Å². The first-order valence-electron chi connectivity index (χ1n) is 4.29. The molecule has 0 aliphatic carbocycles. The van der Waals surface area contributed by atoms with E-state index in [-0.39, 0.29) is 11.7 Å². The van der Waals surface area contributed by atoms with Gasteiger partial charge in [0, 0.05) is 6.92 Å². The van der Waals surface area contributed by atoms with Gasteiger partial charge in [-0.3, -0.25) is 9.59 Å². The van der Waals surface area contributed by atoms with E-state index in [4.69, 9.17) is 5.26 Å². The van der Waals surface area contributed by atoms with Crippen molar-refractivity contribution in [3.63, 3.8) is 0 Å². The second-order valence-corrected chi connectivity index (χ2v) is 4.13. The quantitative estimate of drug-likeness (QED) is 0.779. The Kier molecular flexibility index (Phi) is 3.22. The fourth-order valence-electron chi connectivity index (χ4n) is 1.23. The largest absolute Gasteiger partial charge is 0.317 e. The molecule has 15 heavy (non-hydrogen) atoms. The van der Waals surface area contributed by atoms with Crippen LogP contribution in [0.25, 0.3) is 0 Å². The summed E-state index contributed by atoms with van der Waals surface area (Å²) in [5.74, 6) is -0.339. The van der Waals surface area contributed by atoms with E-state index in [9.17, 15) is 9.59 Å². The van der Waals surface area contributed by atoms with Crippen LogP contribution >= 0.6 is 11.3 Å². The first-order valence-corrected chi connectivity index (χ1v) is 5.11. The molecular weight excluding hydrogens is 212 g/mol. The van der Waals surface area contributed by atoms with Gasteiger partial charge in [-0.25, -0.2) is 0 Å². The minimum atomic E-state index is -0.247. The number of amides is 1. The first-order chi connectivity index (χ1) is 6.97. The van der Waals surface area contributed by atoms with Crippen LogP contribution in [0.3, 0.4) is 0 Å². The summed E-state index contributed by atoms with van der Waals surface area (Å²) >= 11 is 1.14. The maximum Gasteiger partial charge on any atom is 0.221 e. The lowest BCUT2D eigenvalue weighted by atomic mass is 10.1. The van der Waals surface area contributed by atoms with Crippen molar-refractivity contribution in [2.45, 2.75) is 20.8 Å². The second-order valence-electron chi connectivity index (χ2n) is 3.11. The molecule has 0 spiro atoms. The molecule has 1 heterocycles. The average molecular weight is 222 g/mol. The van der Waals surface area contributed by atoms with Crippen molar-refractivity contribution in [3.05, 3.63) is 16.0 Å². The Hall–Kier alpha value is -1.67. The molecule has 1 amide bonds. The van der Waals surface area contributed by atoms with E-state index in [2.05, 4.69) is 5.32 Å². The van der Waals surface area contributed by atoms with Crippen molar-refractivity contribution in [1.29, 1.82) is 5.26 Å². The number of nitriles is 1. The highest BCUT2D eigenvalue weighted by Gasteiger charge is 2.17. The Morgan fingerprint density at radius 2 is 2.00 bits per heavy atom. The number of rotatable bonds is 2. The van der Waals surface area contributed by atoms with E-state index in [0.717, 1.165) is 11.3 Å². The maximum absolute atomic E-state index is 11.2. The summed E-state index contributed by atoms with van der Waals surface area (Å²) in [5, 5.41) is 11.9. The molecule has 0 atom stereocenters. The normalized spacial score (nSPS) is 9.47. The van der Waals surface area contributed by atoms with Crippen LogP contribution in [0.5, 0.6) is 0 Å². The van der Waals surface area contributed by atoms with Crippen LogP contribution in [0.4, 0.5) is 5.00 Å². The van der Waals surface area contributed by atoms with Gasteiger partial charge in [-0.05, 0) is 19.4 Å². The van der Waals surface area contributed by atoms with Gasteiger partial charge in [-0.15, -0.1) is 11.3 Å². The molecule has 0 aliphatic heterocycles. The zero-order valence-electron chi connectivity index (χ0n) is 8.67. The number of anilines is 1. The number of nitrogens with zero attached hydrogens (tertiary/aromatic N) is 1. The molecule has 0 unspecified atom stereocenters. The number of nitrogens with one attached hydrogen (secondary N) is 1. The fourth-order valence-corrected chi connectivity index (χ4v) is 2.33. The smallest absolute Gasteiger partial charge is 0.221 e. The molecule has 1 rings (SSSR count). The molecule has 0 saturated heterocycles. The number of hydrogen-bond acceptors (Lipinski definition) is 4. The van der Waals surface area contributed by atoms with Crippen molar-refractivity contribution in [2.75, 3.05) is 5.32 Å². The van der Waals surface area contributed by atoms with E-state index < -0.39 is 0 Å². The molecule has 0 aromatic carbocycles. The summed E-state index contributed by atoms with van der Waals surface area (Å²) in [4.78, 5) is 22.6.